The highest BCUT2D eigenvalue weighted by Gasteiger charge is 2.45. The maximum atomic E-state index is 13.5. The predicted molar refractivity (Wildman–Crippen MR) is 139 cm³/mol. The third-order valence-corrected chi connectivity index (χ3v) is 8.31. The number of hydrogen-bond donors (Lipinski definition) is 1. The summed E-state index contributed by atoms with van der Waals surface area (Å²) < 4.78 is 0. The SMILES string of the molecule is CCCN1C(=O)C2CC(CN3CCN(Cc4ccccc4)CC3)N=C2c2[nH]c(C3CCCC3)nc21. The molecule has 1 saturated heterocycles. The largest absolute Gasteiger partial charge is 0.339 e. The number of nitrogens with zero attached hydrogens (tertiary/aromatic N) is 5. The summed E-state index contributed by atoms with van der Waals surface area (Å²) in [5, 5.41) is 0. The number of carbonyl (C=O) groups excluding carboxylic acids is 1. The molecule has 6 rings (SSSR count). The second-order valence-corrected chi connectivity index (χ2v) is 10.8. The van der Waals surface area contributed by atoms with Crippen LogP contribution in [0, 0.1) is 5.92 Å². The molecule has 186 valence electrons. The highest BCUT2D eigenvalue weighted by Crippen LogP contribution is 2.40. The molecule has 1 saturated carbocycles. The van der Waals surface area contributed by atoms with Crippen LogP contribution in [0.25, 0.3) is 0 Å². The van der Waals surface area contributed by atoms with Crippen molar-refractivity contribution in [1.82, 2.24) is 19.8 Å². The number of aromatic amines is 1. The van der Waals surface area contributed by atoms with Crippen LogP contribution in [0.1, 0.15) is 68.4 Å². The zero-order valence-electron chi connectivity index (χ0n) is 21.0. The molecule has 2 aromatic rings. The van der Waals surface area contributed by atoms with Crippen LogP contribution in [-0.4, -0.2) is 76.7 Å². The normalized spacial score (nSPS) is 25.7. The summed E-state index contributed by atoms with van der Waals surface area (Å²) in [7, 11) is 0. The van der Waals surface area contributed by atoms with Gasteiger partial charge in [0.2, 0.25) is 5.91 Å². The first-order chi connectivity index (χ1) is 17.2. The molecule has 2 fully saturated rings. The molecule has 7 heteroatoms. The number of H-pyrrole nitrogens is 1. The first-order valence-electron chi connectivity index (χ1n) is 13.7. The molecule has 2 atom stereocenters. The number of carbonyl (C=O) groups is 1. The highest BCUT2D eigenvalue weighted by molar-refractivity contribution is 6.23. The minimum Gasteiger partial charge on any atom is -0.339 e. The van der Waals surface area contributed by atoms with Crippen molar-refractivity contribution in [2.75, 3.05) is 44.2 Å². The maximum absolute atomic E-state index is 13.5. The first-order valence-corrected chi connectivity index (χ1v) is 13.7. The Morgan fingerprint density at radius 2 is 1.77 bits per heavy atom. The standard InChI is InChI=1S/C28H38N6O/c1-2-12-34-27-25(30-26(31-27)21-10-6-7-11-21)24-23(28(34)35)17-22(29-24)19-33-15-13-32(14-16-33)18-20-8-4-3-5-9-20/h3-5,8-9,21-23H,2,6-7,10-19H2,1H3,(H,30,31). The molecule has 1 N–H and O–H groups in total. The monoisotopic (exact) mass is 474 g/mol. The van der Waals surface area contributed by atoms with Crippen molar-refractivity contribution in [3.63, 3.8) is 0 Å². The van der Waals surface area contributed by atoms with E-state index in [-0.39, 0.29) is 17.9 Å². The van der Waals surface area contributed by atoms with Gasteiger partial charge in [-0.1, -0.05) is 50.1 Å². The van der Waals surface area contributed by atoms with Gasteiger partial charge < -0.3 is 4.98 Å². The zero-order valence-corrected chi connectivity index (χ0v) is 21.0. The van der Waals surface area contributed by atoms with Gasteiger partial charge in [-0.05, 0) is 31.2 Å². The molecule has 0 radical (unpaired) electrons. The Morgan fingerprint density at radius 3 is 2.51 bits per heavy atom. The minimum absolute atomic E-state index is 0.115. The molecule has 4 aliphatic rings. The number of benzene rings is 1. The van der Waals surface area contributed by atoms with Gasteiger partial charge in [0.1, 0.15) is 11.5 Å². The quantitative estimate of drug-likeness (QED) is 0.663. The Morgan fingerprint density at radius 1 is 1.03 bits per heavy atom. The third-order valence-electron chi connectivity index (χ3n) is 8.31. The molecule has 2 unspecified atom stereocenters. The average molecular weight is 475 g/mol. The van der Waals surface area contributed by atoms with E-state index in [9.17, 15) is 4.79 Å². The topological polar surface area (TPSA) is 67.8 Å². The fraction of sp³-hybridized carbons (Fsp3) is 0.607. The van der Waals surface area contributed by atoms with Crippen LogP contribution in [0.15, 0.2) is 35.3 Å². The van der Waals surface area contributed by atoms with Gasteiger partial charge in [0.05, 0.1) is 17.7 Å². The number of aliphatic imine (C=N–C) groups is 1. The van der Waals surface area contributed by atoms with Crippen molar-refractivity contribution in [2.45, 2.75) is 64.0 Å². The molecule has 0 bridgehead atoms. The highest BCUT2D eigenvalue weighted by atomic mass is 16.2. The van der Waals surface area contributed by atoms with Gasteiger partial charge >= 0.3 is 0 Å². The molecule has 1 aliphatic carbocycles. The smallest absolute Gasteiger partial charge is 0.237 e. The van der Waals surface area contributed by atoms with Crippen molar-refractivity contribution in [3.8, 4) is 0 Å². The van der Waals surface area contributed by atoms with Gasteiger partial charge in [-0.3, -0.25) is 24.5 Å². The Hall–Kier alpha value is -2.51. The van der Waals surface area contributed by atoms with E-state index in [0.29, 0.717) is 5.92 Å². The summed E-state index contributed by atoms with van der Waals surface area (Å²) in [6.07, 6.45) is 6.71. The number of anilines is 1. The summed E-state index contributed by atoms with van der Waals surface area (Å²) in [6, 6.07) is 10.9. The lowest BCUT2D eigenvalue weighted by Gasteiger charge is -2.35. The molecular weight excluding hydrogens is 436 g/mol. The molecule has 1 aromatic carbocycles. The molecule has 35 heavy (non-hydrogen) atoms. The number of amides is 1. The Bertz CT molecular complexity index is 1060. The van der Waals surface area contributed by atoms with Gasteiger partial charge in [0.25, 0.3) is 0 Å². The number of hydrogen-bond acceptors (Lipinski definition) is 5. The van der Waals surface area contributed by atoms with Crippen LogP contribution < -0.4 is 4.90 Å². The first kappa shape index (κ1) is 22.9. The number of fused-ring (bicyclic) bond motifs is 3. The molecule has 7 nitrogen and oxygen atoms in total. The predicted octanol–water partition coefficient (Wildman–Crippen LogP) is 3.82. The number of aromatic nitrogens is 2. The van der Waals surface area contributed by atoms with Crippen LogP contribution in [0.4, 0.5) is 5.82 Å². The molecule has 1 aromatic heterocycles. The lowest BCUT2D eigenvalue weighted by Crippen LogP contribution is -2.48. The van der Waals surface area contributed by atoms with Crippen molar-refractivity contribution < 1.29 is 4.79 Å². The van der Waals surface area contributed by atoms with Crippen LogP contribution in [0.5, 0.6) is 0 Å². The van der Waals surface area contributed by atoms with E-state index in [2.05, 4.69) is 52.0 Å². The molecule has 0 spiro atoms. The summed E-state index contributed by atoms with van der Waals surface area (Å²) >= 11 is 0. The van der Waals surface area contributed by atoms with Gasteiger partial charge in [0.15, 0.2) is 5.82 Å². The van der Waals surface area contributed by atoms with Gasteiger partial charge in [-0.15, -0.1) is 0 Å². The fourth-order valence-corrected chi connectivity index (χ4v) is 6.45. The van der Waals surface area contributed by atoms with Crippen LogP contribution >= 0.6 is 0 Å². The Kier molecular flexibility index (Phi) is 6.46. The van der Waals surface area contributed by atoms with Crippen LogP contribution in [0.2, 0.25) is 0 Å². The lowest BCUT2D eigenvalue weighted by atomic mass is 9.92. The van der Waals surface area contributed by atoms with E-state index in [0.717, 1.165) is 81.7 Å². The van der Waals surface area contributed by atoms with Crippen LogP contribution in [0.3, 0.4) is 0 Å². The molecule has 1 amide bonds. The lowest BCUT2D eigenvalue weighted by molar-refractivity contribution is -0.120. The number of rotatable bonds is 7. The number of piperazine rings is 1. The number of nitrogens with one attached hydrogen (secondary N) is 1. The minimum atomic E-state index is -0.115. The summed E-state index contributed by atoms with van der Waals surface area (Å²) in [5.74, 6) is 2.50. The summed E-state index contributed by atoms with van der Waals surface area (Å²) in [6.45, 7) is 9.14. The molecular formula is C28H38N6O. The second kappa shape index (κ2) is 9.86. The van der Waals surface area contributed by atoms with Crippen molar-refractivity contribution in [1.29, 1.82) is 0 Å². The second-order valence-electron chi connectivity index (χ2n) is 10.8. The van der Waals surface area contributed by atoms with Crippen LogP contribution in [-0.2, 0) is 11.3 Å². The van der Waals surface area contributed by atoms with Crippen molar-refractivity contribution in [2.24, 2.45) is 10.9 Å². The maximum Gasteiger partial charge on any atom is 0.237 e. The van der Waals surface area contributed by atoms with E-state index in [1.54, 1.807) is 0 Å². The van der Waals surface area contributed by atoms with Gasteiger partial charge in [-0.2, -0.15) is 0 Å². The van der Waals surface area contributed by atoms with Crippen molar-refractivity contribution in [3.05, 3.63) is 47.4 Å². The zero-order chi connectivity index (χ0) is 23.8. The van der Waals surface area contributed by atoms with E-state index < -0.39 is 0 Å². The van der Waals surface area contributed by atoms with Gasteiger partial charge in [0, 0.05) is 51.7 Å². The van der Waals surface area contributed by atoms with E-state index in [4.69, 9.17) is 9.98 Å². The third kappa shape index (κ3) is 4.56. The summed E-state index contributed by atoms with van der Waals surface area (Å²) in [4.78, 5) is 34.3. The average Bonchev–Trinajstić information content (AvgIpc) is 3.63. The van der Waals surface area contributed by atoms with E-state index >= 15 is 0 Å². The Balaban J connectivity index is 1.14. The van der Waals surface area contributed by atoms with E-state index in [1.165, 1.54) is 31.2 Å². The summed E-state index contributed by atoms with van der Waals surface area (Å²) in [5.41, 5.74) is 3.39. The van der Waals surface area contributed by atoms with Crippen molar-refractivity contribution >= 4 is 17.4 Å². The number of imidazole rings is 1. The van der Waals surface area contributed by atoms with Gasteiger partial charge in [-0.25, -0.2) is 4.98 Å². The molecule has 4 heterocycles. The molecule has 3 aliphatic heterocycles. The van der Waals surface area contributed by atoms with E-state index in [1.807, 2.05) is 4.90 Å². The fourth-order valence-electron chi connectivity index (χ4n) is 6.45. The Labute approximate surface area is 208 Å².